The van der Waals surface area contributed by atoms with Crippen LogP contribution in [0.2, 0.25) is 0 Å². The summed E-state index contributed by atoms with van der Waals surface area (Å²) in [6.07, 6.45) is 2.68. The molecule has 178 valence electrons. The summed E-state index contributed by atoms with van der Waals surface area (Å²) < 4.78 is 7.24. The van der Waals surface area contributed by atoms with Crippen molar-refractivity contribution >= 4 is 5.78 Å². The molecule has 0 amide bonds. The summed E-state index contributed by atoms with van der Waals surface area (Å²) in [6.45, 7) is 7.10. The maximum atomic E-state index is 13.8. The quantitative estimate of drug-likeness (QED) is 0.544. The first-order valence-corrected chi connectivity index (χ1v) is 12.5. The monoisotopic (exact) mass is 458 g/mol. The highest BCUT2D eigenvalue weighted by Gasteiger charge is 2.34. The maximum absolute atomic E-state index is 13.8. The molecule has 34 heavy (non-hydrogen) atoms. The molecule has 1 saturated heterocycles. The van der Waals surface area contributed by atoms with Gasteiger partial charge in [0, 0.05) is 24.0 Å². The number of Topliss-reactive ketones (excluding diaryl/α,β-unsaturated/α-hetero) is 1. The molecule has 2 heterocycles. The molecule has 0 radical (unpaired) electrons. The molecule has 0 N–H and O–H groups in total. The molecule has 1 aliphatic carbocycles. The van der Waals surface area contributed by atoms with E-state index in [0.717, 1.165) is 28.8 Å². The predicted molar refractivity (Wildman–Crippen MR) is 134 cm³/mol. The predicted octanol–water partition coefficient (Wildman–Crippen LogP) is 4.93. The fourth-order valence-corrected chi connectivity index (χ4v) is 5.21. The normalized spacial score (nSPS) is 19.3. The zero-order valence-electron chi connectivity index (χ0n) is 20.4. The molecule has 3 aromatic rings. The van der Waals surface area contributed by atoms with Gasteiger partial charge in [-0.2, -0.15) is 0 Å². The lowest BCUT2D eigenvalue weighted by atomic mass is 9.80. The minimum Gasteiger partial charge on any atom is -0.381 e. The molecule has 0 bridgehead atoms. The van der Waals surface area contributed by atoms with Gasteiger partial charge in [-0.3, -0.25) is 14.2 Å². The fourth-order valence-electron chi connectivity index (χ4n) is 5.21. The van der Waals surface area contributed by atoms with Gasteiger partial charge in [-0.1, -0.05) is 74.5 Å². The van der Waals surface area contributed by atoms with Gasteiger partial charge in [-0.25, -0.2) is 4.98 Å². The molecule has 2 aromatic carbocycles. The van der Waals surface area contributed by atoms with Crippen LogP contribution in [-0.4, -0.2) is 28.5 Å². The number of ketones is 1. The second kappa shape index (κ2) is 10.9. The number of fused-ring (bicyclic) bond motifs is 1. The average molecular weight is 459 g/mol. The average Bonchev–Trinajstić information content (AvgIpc) is 3.43. The van der Waals surface area contributed by atoms with Crippen molar-refractivity contribution < 1.29 is 9.53 Å². The molecule has 2 aliphatic rings. The third-order valence-corrected chi connectivity index (χ3v) is 6.88. The van der Waals surface area contributed by atoms with Crippen LogP contribution in [0.4, 0.5) is 0 Å². The van der Waals surface area contributed by atoms with Crippen LogP contribution in [0.1, 0.15) is 60.9 Å². The van der Waals surface area contributed by atoms with Crippen LogP contribution >= 0.6 is 0 Å². The number of carbonyl (C=O) groups excluding carboxylic acids is 1. The fraction of sp³-hybridized carbons (Fsp3) is 0.414. The highest BCUT2D eigenvalue weighted by atomic mass is 16.5. The second-order valence-electron chi connectivity index (χ2n) is 8.89. The smallest absolute Gasteiger partial charge is 0.257 e. The van der Waals surface area contributed by atoms with E-state index in [0.29, 0.717) is 38.3 Å². The number of benzene rings is 2. The summed E-state index contributed by atoms with van der Waals surface area (Å²) in [4.78, 5) is 31.6. The number of ether oxygens (including phenoxy) is 1. The first kappa shape index (κ1) is 24.1. The van der Waals surface area contributed by atoms with Gasteiger partial charge in [0.25, 0.3) is 5.56 Å². The van der Waals surface area contributed by atoms with Crippen molar-refractivity contribution in [2.24, 2.45) is 11.8 Å². The number of aromatic nitrogens is 2. The van der Waals surface area contributed by atoms with Gasteiger partial charge in [0.2, 0.25) is 0 Å². The molecular formula is C29H34N2O3. The van der Waals surface area contributed by atoms with Crippen LogP contribution in [0.15, 0.2) is 65.5 Å². The summed E-state index contributed by atoms with van der Waals surface area (Å²) in [6, 6.07) is 20.0. The van der Waals surface area contributed by atoms with E-state index in [-0.39, 0.29) is 29.2 Å². The Labute approximate surface area is 201 Å². The minimum absolute atomic E-state index is 0.00330. The van der Waals surface area contributed by atoms with Crippen molar-refractivity contribution in [3.63, 3.8) is 0 Å². The van der Waals surface area contributed by atoms with Crippen LogP contribution < -0.4 is 5.56 Å². The molecule has 5 rings (SSSR count). The lowest BCUT2D eigenvalue weighted by molar-refractivity contribution is -0.127. The Morgan fingerprint density at radius 1 is 0.971 bits per heavy atom. The van der Waals surface area contributed by atoms with Gasteiger partial charge in [0.05, 0.1) is 18.3 Å². The summed E-state index contributed by atoms with van der Waals surface area (Å²) in [5.41, 5.74) is 3.68. The van der Waals surface area contributed by atoms with E-state index in [4.69, 9.17) is 9.72 Å². The Morgan fingerprint density at radius 3 is 2.15 bits per heavy atom. The third-order valence-electron chi connectivity index (χ3n) is 6.88. The van der Waals surface area contributed by atoms with Crippen LogP contribution in [0.25, 0.3) is 0 Å². The molecule has 1 fully saturated rings. The molecule has 2 unspecified atom stereocenters. The summed E-state index contributed by atoms with van der Waals surface area (Å²) in [5, 5.41) is 0. The molecule has 1 aromatic heterocycles. The number of aryl methyl sites for hydroxylation is 1. The van der Waals surface area contributed by atoms with E-state index in [1.807, 2.05) is 61.7 Å². The molecule has 5 nitrogen and oxygen atoms in total. The lowest BCUT2D eigenvalue weighted by Gasteiger charge is -2.28. The molecule has 0 spiro atoms. The van der Waals surface area contributed by atoms with Gasteiger partial charge in [0.1, 0.15) is 11.6 Å². The van der Waals surface area contributed by atoms with Crippen LogP contribution in [0.5, 0.6) is 0 Å². The summed E-state index contributed by atoms with van der Waals surface area (Å²) >= 11 is 0. The Morgan fingerprint density at radius 2 is 1.59 bits per heavy atom. The molecule has 5 heteroatoms. The maximum Gasteiger partial charge on any atom is 0.257 e. The molecule has 0 saturated carbocycles. The minimum atomic E-state index is -0.238. The van der Waals surface area contributed by atoms with E-state index < -0.39 is 0 Å². The second-order valence-corrected chi connectivity index (χ2v) is 8.89. The molecule has 2 atom stereocenters. The topological polar surface area (TPSA) is 61.2 Å². The number of carbonyl (C=O) groups is 1. The highest BCUT2D eigenvalue weighted by molar-refractivity contribution is 5.84. The Hall–Kier alpha value is -3.05. The Bertz CT molecular complexity index is 1130. The van der Waals surface area contributed by atoms with E-state index >= 15 is 0 Å². The van der Waals surface area contributed by atoms with Crippen LogP contribution in [-0.2, 0) is 22.4 Å². The van der Waals surface area contributed by atoms with Crippen LogP contribution in [0.3, 0.4) is 0 Å². The van der Waals surface area contributed by atoms with Gasteiger partial charge in [-0.05, 0) is 43.7 Å². The SMILES string of the molecule is CC.Cc1nc2c(c(=O)n1C(c1ccccc1)c1ccccc1)CCC(C(=O)C1CCOC1)C2. The largest absolute Gasteiger partial charge is 0.381 e. The van der Waals surface area contributed by atoms with E-state index in [9.17, 15) is 9.59 Å². The number of hydrogen-bond donors (Lipinski definition) is 0. The van der Waals surface area contributed by atoms with Crippen molar-refractivity contribution in [2.45, 2.75) is 52.5 Å². The number of hydrogen-bond acceptors (Lipinski definition) is 4. The standard InChI is InChI=1S/C27H28N2O3.C2H6/c1-18-28-24-16-21(26(30)22-14-15-32-17-22)12-13-23(24)27(31)29(18)25(19-8-4-2-5-9-19)20-10-6-3-7-11-20;1-2/h2-11,21-22,25H,12-17H2,1H3;1-2H3. The summed E-state index contributed by atoms with van der Waals surface area (Å²) in [5.74, 6) is 0.908. The third kappa shape index (κ3) is 4.76. The summed E-state index contributed by atoms with van der Waals surface area (Å²) in [7, 11) is 0. The van der Waals surface area contributed by atoms with Crippen molar-refractivity contribution in [3.8, 4) is 0 Å². The van der Waals surface area contributed by atoms with E-state index in [1.54, 1.807) is 0 Å². The van der Waals surface area contributed by atoms with Gasteiger partial charge in [-0.15, -0.1) is 0 Å². The van der Waals surface area contributed by atoms with E-state index in [1.165, 1.54) is 0 Å². The van der Waals surface area contributed by atoms with Gasteiger partial charge >= 0.3 is 0 Å². The van der Waals surface area contributed by atoms with Gasteiger partial charge in [0.15, 0.2) is 0 Å². The van der Waals surface area contributed by atoms with Crippen molar-refractivity contribution in [1.29, 1.82) is 0 Å². The molecule has 1 aliphatic heterocycles. The first-order chi connectivity index (χ1) is 16.6. The number of rotatable bonds is 5. The van der Waals surface area contributed by atoms with Crippen LogP contribution in [0, 0.1) is 18.8 Å². The van der Waals surface area contributed by atoms with E-state index in [2.05, 4.69) is 24.3 Å². The zero-order chi connectivity index (χ0) is 24.1. The first-order valence-electron chi connectivity index (χ1n) is 12.5. The van der Waals surface area contributed by atoms with Crippen molar-refractivity contribution in [2.75, 3.05) is 13.2 Å². The highest BCUT2D eigenvalue weighted by Crippen LogP contribution is 2.30. The zero-order valence-corrected chi connectivity index (χ0v) is 20.4. The Kier molecular flexibility index (Phi) is 7.73. The number of nitrogens with zero attached hydrogens (tertiary/aromatic N) is 2. The van der Waals surface area contributed by atoms with Crippen molar-refractivity contribution in [3.05, 3.63) is 99.2 Å². The lowest BCUT2D eigenvalue weighted by Crippen LogP contribution is -2.37. The Balaban J connectivity index is 0.00000133. The van der Waals surface area contributed by atoms with Crippen molar-refractivity contribution in [1.82, 2.24) is 9.55 Å². The molecular weight excluding hydrogens is 424 g/mol. The van der Waals surface area contributed by atoms with Gasteiger partial charge < -0.3 is 4.74 Å².